The molecule has 0 spiro atoms. The van der Waals surface area contributed by atoms with Crippen molar-refractivity contribution in [3.63, 3.8) is 0 Å². The lowest BCUT2D eigenvalue weighted by Crippen LogP contribution is -2.42. The first-order chi connectivity index (χ1) is 8.08. The van der Waals surface area contributed by atoms with Gasteiger partial charge in [0, 0.05) is 6.07 Å². The fourth-order valence-electron chi connectivity index (χ4n) is 1.31. The monoisotopic (exact) mass is 304 g/mol. The minimum Gasteiger partial charge on any atom is -0.480 e. The average molecular weight is 305 g/mol. The molecule has 94 valence electrons. The number of carbonyl (C=O) groups is 1. The number of rotatable bonds is 5. The Morgan fingerprint density at radius 1 is 1.65 bits per heavy atom. The Labute approximate surface area is 107 Å². The normalized spacial score (nSPS) is 12.0. The van der Waals surface area contributed by atoms with E-state index in [1.807, 2.05) is 12.3 Å². The van der Waals surface area contributed by atoms with Crippen LogP contribution in [0.4, 0.5) is 4.39 Å². The molecule has 1 aromatic carbocycles. The van der Waals surface area contributed by atoms with Gasteiger partial charge in [-0.3, -0.25) is 10.2 Å². The summed E-state index contributed by atoms with van der Waals surface area (Å²) in [4.78, 5) is 11.4. The van der Waals surface area contributed by atoms with Gasteiger partial charge in [0.15, 0.2) is 6.10 Å². The Hall–Kier alpha value is -1.14. The third kappa shape index (κ3) is 3.98. The maximum absolute atomic E-state index is 13.2. The summed E-state index contributed by atoms with van der Waals surface area (Å²) in [6.45, 7) is 1.92. The number of benzene rings is 1. The molecule has 3 N–H and O–H groups in total. The molecule has 1 unspecified atom stereocenters. The highest BCUT2D eigenvalue weighted by atomic mass is 79.9. The molecule has 0 aromatic heterocycles. The van der Waals surface area contributed by atoms with Crippen LogP contribution in [0.5, 0.6) is 5.75 Å². The predicted octanol–water partition coefficient (Wildman–Crippen LogP) is 2.13. The van der Waals surface area contributed by atoms with E-state index in [1.165, 1.54) is 12.1 Å². The van der Waals surface area contributed by atoms with Crippen LogP contribution in [-0.4, -0.2) is 12.0 Å². The molecule has 0 bridgehead atoms. The molecule has 17 heavy (non-hydrogen) atoms. The second kappa shape index (κ2) is 6.56. The molecule has 1 amide bonds. The zero-order chi connectivity index (χ0) is 12.8. The Balaban J connectivity index is 2.78. The molecule has 4 nitrogen and oxygen atoms in total. The van der Waals surface area contributed by atoms with Crippen molar-refractivity contribution < 1.29 is 13.9 Å². The highest BCUT2D eigenvalue weighted by molar-refractivity contribution is 9.10. The van der Waals surface area contributed by atoms with E-state index in [0.29, 0.717) is 16.6 Å². The zero-order valence-electron chi connectivity index (χ0n) is 9.37. The number of hydrazine groups is 1. The number of ether oxygens (including phenoxy) is 1. The summed E-state index contributed by atoms with van der Waals surface area (Å²) in [6.07, 6.45) is 0.572. The van der Waals surface area contributed by atoms with Gasteiger partial charge in [0.2, 0.25) is 0 Å². The van der Waals surface area contributed by atoms with Crippen molar-refractivity contribution in [2.75, 3.05) is 0 Å². The van der Waals surface area contributed by atoms with Crippen LogP contribution in [0, 0.1) is 5.82 Å². The Bertz CT molecular complexity index is 401. The van der Waals surface area contributed by atoms with Crippen LogP contribution in [0.2, 0.25) is 0 Å². The highest BCUT2D eigenvalue weighted by Gasteiger charge is 2.18. The minimum atomic E-state index is -0.703. The number of halogens is 2. The molecule has 1 atom stereocenters. The van der Waals surface area contributed by atoms with Gasteiger partial charge in [-0.25, -0.2) is 10.2 Å². The van der Waals surface area contributed by atoms with Crippen LogP contribution in [0.15, 0.2) is 22.7 Å². The molecule has 1 aromatic rings. The van der Waals surface area contributed by atoms with Gasteiger partial charge in [-0.1, -0.05) is 13.3 Å². The van der Waals surface area contributed by atoms with E-state index < -0.39 is 17.8 Å². The van der Waals surface area contributed by atoms with E-state index in [4.69, 9.17) is 10.6 Å². The zero-order valence-corrected chi connectivity index (χ0v) is 11.0. The Morgan fingerprint density at radius 3 is 2.88 bits per heavy atom. The van der Waals surface area contributed by atoms with Gasteiger partial charge in [-0.15, -0.1) is 0 Å². The highest BCUT2D eigenvalue weighted by Crippen LogP contribution is 2.22. The average Bonchev–Trinajstić information content (AvgIpc) is 2.32. The van der Waals surface area contributed by atoms with E-state index >= 15 is 0 Å². The fourth-order valence-corrected chi connectivity index (χ4v) is 1.56. The van der Waals surface area contributed by atoms with E-state index in [0.717, 1.165) is 6.42 Å². The van der Waals surface area contributed by atoms with Gasteiger partial charge >= 0.3 is 0 Å². The van der Waals surface area contributed by atoms with Crippen LogP contribution >= 0.6 is 15.9 Å². The Morgan fingerprint density at radius 2 is 2.35 bits per heavy atom. The first-order valence-electron chi connectivity index (χ1n) is 5.20. The number of hydrogen-bond donors (Lipinski definition) is 2. The third-order valence-corrected chi connectivity index (χ3v) is 2.80. The number of amides is 1. The Kier molecular flexibility index (Phi) is 5.37. The lowest BCUT2D eigenvalue weighted by atomic mass is 10.2. The SMILES string of the molecule is CCCC(Oc1ccc(Br)c(F)c1)C(=O)NN. The molecule has 6 heteroatoms. The van der Waals surface area contributed by atoms with Crippen molar-refractivity contribution >= 4 is 21.8 Å². The molecule has 0 aliphatic heterocycles. The first-order valence-corrected chi connectivity index (χ1v) is 6.00. The largest absolute Gasteiger partial charge is 0.480 e. The quantitative estimate of drug-likeness (QED) is 0.497. The summed E-state index contributed by atoms with van der Waals surface area (Å²) in [6, 6.07) is 4.32. The molecule has 0 heterocycles. The molecule has 1 rings (SSSR count). The van der Waals surface area contributed by atoms with E-state index in [2.05, 4.69) is 15.9 Å². The van der Waals surface area contributed by atoms with Crippen molar-refractivity contribution in [3.8, 4) is 5.75 Å². The molecular formula is C11H14BrFN2O2. The number of nitrogens with one attached hydrogen (secondary N) is 1. The van der Waals surface area contributed by atoms with E-state index in [-0.39, 0.29) is 0 Å². The van der Waals surface area contributed by atoms with Gasteiger partial charge in [0.05, 0.1) is 4.47 Å². The number of hydrogen-bond acceptors (Lipinski definition) is 3. The summed E-state index contributed by atoms with van der Waals surface area (Å²) in [7, 11) is 0. The lowest BCUT2D eigenvalue weighted by molar-refractivity contribution is -0.128. The summed E-state index contributed by atoms with van der Waals surface area (Å²) < 4.78 is 19.0. The molecule has 0 aliphatic carbocycles. The second-order valence-corrected chi connectivity index (χ2v) is 4.33. The van der Waals surface area contributed by atoms with E-state index in [9.17, 15) is 9.18 Å². The van der Waals surface area contributed by atoms with Crippen LogP contribution in [-0.2, 0) is 4.79 Å². The van der Waals surface area contributed by atoms with Crippen LogP contribution in [0.1, 0.15) is 19.8 Å². The molecule has 0 saturated carbocycles. The van der Waals surface area contributed by atoms with Gasteiger partial charge in [0.25, 0.3) is 5.91 Å². The molecule has 0 saturated heterocycles. The van der Waals surface area contributed by atoms with Crippen molar-refractivity contribution in [1.82, 2.24) is 5.43 Å². The van der Waals surface area contributed by atoms with Gasteiger partial charge < -0.3 is 4.74 Å². The predicted molar refractivity (Wildman–Crippen MR) is 65.8 cm³/mol. The van der Waals surface area contributed by atoms with Crippen molar-refractivity contribution in [2.45, 2.75) is 25.9 Å². The number of carbonyl (C=O) groups excluding carboxylic acids is 1. The second-order valence-electron chi connectivity index (χ2n) is 3.48. The maximum atomic E-state index is 13.2. The third-order valence-electron chi connectivity index (χ3n) is 2.15. The summed E-state index contributed by atoms with van der Waals surface area (Å²) in [5.41, 5.74) is 2.03. The van der Waals surface area contributed by atoms with E-state index in [1.54, 1.807) is 6.07 Å². The minimum absolute atomic E-state index is 0.299. The fraction of sp³-hybridized carbons (Fsp3) is 0.364. The molecular weight excluding hydrogens is 291 g/mol. The van der Waals surface area contributed by atoms with Gasteiger partial charge in [0.1, 0.15) is 11.6 Å². The van der Waals surface area contributed by atoms with Crippen molar-refractivity contribution in [2.24, 2.45) is 5.84 Å². The first kappa shape index (κ1) is 13.9. The summed E-state index contributed by atoms with van der Waals surface area (Å²) in [5, 5.41) is 0. The molecule has 0 fully saturated rings. The molecule has 0 aliphatic rings. The van der Waals surface area contributed by atoms with Crippen LogP contribution in [0.3, 0.4) is 0 Å². The van der Waals surface area contributed by atoms with Crippen molar-refractivity contribution in [3.05, 3.63) is 28.5 Å². The summed E-state index contributed by atoms with van der Waals surface area (Å²) >= 11 is 3.04. The lowest BCUT2D eigenvalue weighted by Gasteiger charge is -2.16. The summed E-state index contributed by atoms with van der Waals surface area (Å²) in [5.74, 6) is 4.49. The van der Waals surface area contributed by atoms with Crippen LogP contribution in [0.25, 0.3) is 0 Å². The number of nitrogens with two attached hydrogens (primary N) is 1. The van der Waals surface area contributed by atoms with Crippen LogP contribution < -0.4 is 16.0 Å². The van der Waals surface area contributed by atoms with Gasteiger partial charge in [-0.2, -0.15) is 0 Å². The van der Waals surface area contributed by atoms with Gasteiger partial charge in [-0.05, 0) is 34.5 Å². The topological polar surface area (TPSA) is 64.3 Å². The van der Waals surface area contributed by atoms with Crippen molar-refractivity contribution in [1.29, 1.82) is 0 Å². The smallest absolute Gasteiger partial charge is 0.274 e. The maximum Gasteiger partial charge on any atom is 0.274 e. The standard InChI is InChI=1S/C11H14BrFN2O2/c1-2-3-10(11(16)15-14)17-7-4-5-8(12)9(13)6-7/h4-6,10H,2-3,14H2,1H3,(H,15,16). The molecule has 0 radical (unpaired) electrons.